The SMILES string of the molecule is CC(C)(CCN1CCC(C)(C(N)=O)C1)C(N)=S. The van der Waals surface area contributed by atoms with Crippen molar-refractivity contribution in [2.24, 2.45) is 22.3 Å². The van der Waals surface area contributed by atoms with Crippen molar-refractivity contribution in [2.45, 2.75) is 33.6 Å². The number of rotatable bonds is 5. The smallest absolute Gasteiger partial charge is 0.224 e. The molecule has 0 aromatic carbocycles. The van der Waals surface area contributed by atoms with E-state index < -0.39 is 0 Å². The van der Waals surface area contributed by atoms with Crippen LogP contribution < -0.4 is 11.5 Å². The van der Waals surface area contributed by atoms with Crippen LogP contribution >= 0.6 is 12.2 Å². The number of nitrogens with two attached hydrogens (primary N) is 2. The highest BCUT2D eigenvalue weighted by Gasteiger charge is 2.39. The van der Waals surface area contributed by atoms with Gasteiger partial charge in [-0.2, -0.15) is 0 Å². The summed E-state index contributed by atoms with van der Waals surface area (Å²) in [5, 5.41) is 0. The van der Waals surface area contributed by atoms with Gasteiger partial charge in [0.25, 0.3) is 0 Å². The summed E-state index contributed by atoms with van der Waals surface area (Å²) in [6.07, 6.45) is 1.76. The number of likely N-dealkylation sites (tertiary alicyclic amines) is 1. The van der Waals surface area contributed by atoms with E-state index in [-0.39, 0.29) is 16.7 Å². The van der Waals surface area contributed by atoms with Gasteiger partial charge in [0.2, 0.25) is 5.91 Å². The summed E-state index contributed by atoms with van der Waals surface area (Å²) < 4.78 is 0. The number of carbonyl (C=O) groups excluding carboxylic acids is 1. The number of nitrogens with zero attached hydrogens (tertiary/aromatic N) is 1. The predicted octanol–water partition coefficient (Wildman–Crippen LogP) is 0.886. The molecule has 0 saturated carbocycles. The standard InChI is InChI=1S/C12H23N3OS/c1-11(2,10(14)17)4-6-15-7-5-12(3,8-15)9(13)16/h4-8H2,1-3H3,(H2,13,16)(H2,14,17). The first-order valence-corrected chi connectivity index (χ1v) is 6.40. The monoisotopic (exact) mass is 257 g/mol. The zero-order valence-electron chi connectivity index (χ0n) is 11.0. The van der Waals surface area contributed by atoms with Crippen LogP contribution in [-0.2, 0) is 4.79 Å². The summed E-state index contributed by atoms with van der Waals surface area (Å²) in [6.45, 7) is 8.63. The van der Waals surface area contributed by atoms with Crippen molar-refractivity contribution in [3.63, 3.8) is 0 Å². The molecule has 1 unspecified atom stereocenters. The normalized spacial score (nSPS) is 26.1. The molecule has 1 amide bonds. The lowest BCUT2D eigenvalue weighted by molar-refractivity contribution is -0.126. The molecule has 0 radical (unpaired) electrons. The number of hydrogen-bond acceptors (Lipinski definition) is 3. The Hall–Kier alpha value is -0.680. The zero-order chi connectivity index (χ0) is 13.3. The molecule has 4 N–H and O–H groups in total. The summed E-state index contributed by atoms with van der Waals surface area (Å²) in [4.78, 5) is 14.2. The van der Waals surface area contributed by atoms with Crippen LogP contribution in [0.4, 0.5) is 0 Å². The molecule has 98 valence electrons. The molecule has 1 saturated heterocycles. The van der Waals surface area contributed by atoms with Gasteiger partial charge in [-0.15, -0.1) is 0 Å². The number of primary amides is 1. The van der Waals surface area contributed by atoms with Gasteiger partial charge in [-0.05, 0) is 32.9 Å². The van der Waals surface area contributed by atoms with Crippen LogP contribution in [0, 0.1) is 10.8 Å². The van der Waals surface area contributed by atoms with Gasteiger partial charge < -0.3 is 16.4 Å². The molecule has 0 bridgehead atoms. The first-order valence-electron chi connectivity index (χ1n) is 5.99. The molecule has 0 aliphatic carbocycles. The van der Waals surface area contributed by atoms with Crippen molar-refractivity contribution in [1.82, 2.24) is 4.90 Å². The lowest BCUT2D eigenvalue weighted by Gasteiger charge is -2.27. The molecule has 0 aromatic heterocycles. The van der Waals surface area contributed by atoms with E-state index in [0.717, 1.165) is 32.5 Å². The molecule has 0 spiro atoms. The Kier molecular flexibility index (Phi) is 4.15. The Morgan fingerprint density at radius 1 is 1.47 bits per heavy atom. The van der Waals surface area contributed by atoms with E-state index in [1.807, 2.05) is 6.92 Å². The van der Waals surface area contributed by atoms with Gasteiger partial charge in [0.15, 0.2) is 0 Å². The lowest BCUT2D eigenvalue weighted by Crippen LogP contribution is -2.38. The highest BCUT2D eigenvalue weighted by molar-refractivity contribution is 7.80. The van der Waals surface area contributed by atoms with Crippen LogP contribution in [0.3, 0.4) is 0 Å². The lowest BCUT2D eigenvalue weighted by atomic mass is 9.88. The Balaban J connectivity index is 2.47. The van der Waals surface area contributed by atoms with Crippen LogP contribution in [-0.4, -0.2) is 35.4 Å². The summed E-state index contributed by atoms with van der Waals surface area (Å²) in [5.41, 5.74) is 10.6. The van der Waals surface area contributed by atoms with Gasteiger partial charge in [-0.3, -0.25) is 4.79 Å². The van der Waals surface area contributed by atoms with E-state index in [1.54, 1.807) is 0 Å². The summed E-state index contributed by atoms with van der Waals surface area (Å²) in [6, 6.07) is 0. The van der Waals surface area contributed by atoms with Crippen molar-refractivity contribution in [1.29, 1.82) is 0 Å². The summed E-state index contributed by atoms with van der Waals surface area (Å²) in [5.74, 6) is -0.200. The number of amides is 1. The number of thiocarbonyl (C=S) groups is 1. The second-order valence-corrected chi connectivity index (χ2v) is 6.39. The second kappa shape index (κ2) is 4.90. The van der Waals surface area contributed by atoms with Crippen molar-refractivity contribution < 1.29 is 4.79 Å². The Bertz CT molecular complexity index is 330. The Labute approximate surface area is 109 Å². The molecule has 1 atom stereocenters. The average Bonchev–Trinajstić information content (AvgIpc) is 2.59. The minimum absolute atomic E-state index is 0.124. The summed E-state index contributed by atoms with van der Waals surface area (Å²) in [7, 11) is 0. The molecule has 1 fully saturated rings. The highest BCUT2D eigenvalue weighted by Crippen LogP contribution is 2.30. The molecule has 1 rings (SSSR count). The number of hydrogen-bond donors (Lipinski definition) is 2. The van der Waals surface area contributed by atoms with Crippen LogP contribution in [0.2, 0.25) is 0 Å². The minimum Gasteiger partial charge on any atom is -0.393 e. The highest BCUT2D eigenvalue weighted by atomic mass is 32.1. The fourth-order valence-electron chi connectivity index (χ4n) is 2.01. The van der Waals surface area contributed by atoms with Crippen LogP contribution in [0.5, 0.6) is 0 Å². The van der Waals surface area contributed by atoms with E-state index in [2.05, 4.69) is 18.7 Å². The third kappa shape index (κ3) is 3.39. The number of carbonyl (C=O) groups is 1. The van der Waals surface area contributed by atoms with Gasteiger partial charge in [-0.1, -0.05) is 26.1 Å². The zero-order valence-corrected chi connectivity index (χ0v) is 11.8. The van der Waals surface area contributed by atoms with Crippen molar-refractivity contribution in [2.75, 3.05) is 19.6 Å². The van der Waals surface area contributed by atoms with Crippen molar-refractivity contribution in [3.05, 3.63) is 0 Å². The van der Waals surface area contributed by atoms with E-state index in [4.69, 9.17) is 23.7 Å². The largest absolute Gasteiger partial charge is 0.393 e. The van der Waals surface area contributed by atoms with Gasteiger partial charge in [0.1, 0.15) is 0 Å². The molecule has 1 aliphatic heterocycles. The van der Waals surface area contributed by atoms with E-state index in [1.165, 1.54) is 0 Å². The maximum atomic E-state index is 11.3. The molecular formula is C12H23N3OS. The topological polar surface area (TPSA) is 72.3 Å². The molecule has 1 aliphatic rings. The quantitative estimate of drug-likeness (QED) is 0.717. The Morgan fingerprint density at radius 3 is 2.47 bits per heavy atom. The van der Waals surface area contributed by atoms with Crippen molar-refractivity contribution >= 4 is 23.1 Å². The second-order valence-electron chi connectivity index (χ2n) is 5.95. The summed E-state index contributed by atoms with van der Waals surface area (Å²) >= 11 is 5.04. The molecule has 1 heterocycles. The molecular weight excluding hydrogens is 234 g/mol. The molecule has 0 aromatic rings. The van der Waals surface area contributed by atoms with Gasteiger partial charge in [0, 0.05) is 12.0 Å². The first-order chi connectivity index (χ1) is 7.67. The fraction of sp³-hybridized carbons (Fsp3) is 0.833. The van der Waals surface area contributed by atoms with Crippen LogP contribution in [0.1, 0.15) is 33.6 Å². The minimum atomic E-state index is -0.368. The van der Waals surface area contributed by atoms with Crippen LogP contribution in [0.25, 0.3) is 0 Å². The molecule has 5 heteroatoms. The van der Waals surface area contributed by atoms with E-state index in [9.17, 15) is 4.79 Å². The fourth-order valence-corrected chi connectivity index (χ4v) is 2.11. The van der Waals surface area contributed by atoms with Gasteiger partial charge in [-0.25, -0.2) is 0 Å². The third-order valence-corrected chi connectivity index (χ3v) is 4.42. The van der Waals surface area contributed by atoms with Gasteiger partial charge in [0.05, 0.1) is 10.4 Å². The average molecular weight is 257 g/mol. The Morgan fingerprint density at radius 2 is 2.06 bits per heavy atom. The van der Waals surface area contributed by atoms with Crippen LogP contribution in [0.15, 0.2) is 0 Å². The van der Waals surface area contributed by atoms with E-state index >= 15 is 0 Å². The third-order valence-electron chi connectivity index (χ3n) is 3.87. The predicted molar refractivity (Wildman–Crippen MR) is 73.5 cm³/mol. The van der Waals surface area contributed by atoms with E-state index in [0.29, 0.717) is 4.99 Å². The molecule has 4 nitrogen and oxygen atoms in total. The first kappa shape index (κ1) is 14.4. The van der Waals surface area contributed by atoms with Crippen molar-refractivity contribution in [3.8, 4) is 0 Å². The van der Waals surface area contributed by atoms with Gasteiger partial charge >= 0.3 is 0 Å². The molecule has 17 heavy (non-hydrogen) atoms. The maximum Gasteiger partial charge on any atom is 0.224 e. The maximum absolute atomic E-state index is 11.3.